The van der Waals surface area contributed by atoms with E-state index in [4.69, 9.17) is 13.6 Å². The van der Waals surface area contributed by atoms with Gasteiger partial charge in [0.15, 0.2) is 5.60 Å². The molecule has 0 unspecified atom stereocenters. The lowest BCUT2D eigenvalue weighted by Gasteiger charge is -2.49. The lowest BCUT2D eigenvalue weighted by atomic mass is 9.57. The fraction of sp³-hybridized carbons (Fsp3) is 0.800. The third-order valence-corrected chi connectivity index (χ3v) is 5.60. The van der Waals surface area contributed by atoms with Gasteiger partial charge in [0.05, 0.1) is 5.60 Å². The monoisotopic (exact) mass is 252 g/mol. The Morgan fingerprint density at radius 1 is 1.44 bits per heavy atom. The molecule has 4 fully saturated rings. The second-order valence-electron chi connectivity index (χ2n) is 6.41. The first-order valence-electron chi connectivity index (χ1n) is 8.34. The van der Waals surface area contributed by atoms with Crippen LogP contribution in [0.4, 0.5) is 0 Å². The van der Waals surface area contributed by atoms with Crippen molar-refractivity contribution < 1.29 is 18.4 Å². The van der Waals surface area contributed by atoms with Crippen LogP contribution in [0.15, 0.2) is 12.2 Å². The van der Waals surface area contributed by atoms with Crippen LogP contribution in [-0.2, 0) is 14.3 Å². The van der Waals surface area contributed by atoms with Crippen molar-refractivity contribution in [1.29, 1.82) is 0 Å². The summed E-state index contributed by atoms with van der Waals surface area (Å²) in [7, 11) is 0. The van der Waals surface area contributed by atoms with Crippen molar-refractivity contribution in [3.8, 4) is 0 Å². The standard InChI is InChI=1S/C15H20O3/c1-8-4-5-11-9(2)12(16)17-15(11)10(8)6-7-14(3)13(15)18-14/h8,10-11,13H,2,4-7H2,1,3H3/t8-,10+,11+,13-,14-,15-/m1/s1/i3+1D3. The zero-order valence-electron chi connectivity index (χ0n) is 13.6. The maximum Gasteiger partial charge on any atom is 0.334 e. The van der Waals surface area contributed by atoms with E-state index in [1.54, 1.807) is 0 Å². The third-order valence-electron chi connectivity index (χ3n) is 5.60. The Hall–Kier alpha value is -0.830. The number of carbonyl (C=O) groups is 1. The second kappa shape index (κ2) is 3.01. The van der Waals surface area contributed by atoms with Gasteiger partial charge in [0.2, 0.25) is 0 Å². The van der Waals surface area contributed by atoms with Crippen LogP contribution in [0.1, 0.15) is 43.6 Å². The number of carbonyl (C=O) groups excluding carboxylic acids is 1. The zero-order chi connectivity index (χ0) is 15.2. The van der Waals surface area contributed by atoms with E-state index in [9.17, 15) is 4.79 Å². The lowest BCUT2D eigenvalue weighted by Crippen LogP contribution is -2.57. The fourth-order valence-corrected chi connectivity index (χ4v) is 4.65. The van der Waals surface area contributed by atoms with Crippen LogP contribution in [0.3, 0.4) is 0 Å². The molecule has 0 bridgehead atoms. The molecule has 0 N–H and O–H groups in total. The molecule has 0 aromatic rings. The predicted molar refractivity (Wildman–Crippen MR) is 65.9 cm³/mol. The molecule has 18 heavy (non-hydrogen) atoms. The normalized spacial score (nSPS) is 60.6. The smallest absolute Gasteiger partial charge is 0.334 e. The molecule has 2 aliphatic carbocycles. The molecule has 4 aliphatic rings. The highest BCUT2D eigenvalue weighted by Crippen LogP contribution is 2.66. The molecule has 2 heterocycles. The molecule has 2 saturated heterocycles. The van der Waals surface area contributed by atoms with Crippen LogP contribution in [0.2, 0.25) is 0 Å². The fourth-order valence-electron chi connectivity index (χ4n) is 4.65. The predicted octanol–water partition coefficient (Wildman–Crippen LogP) is 2.45. The molecule has 0 aromatic carbocycles. The number of epoxide rings is 1. The van der Waals surface area contributed by atoms with Crippen LogP contribution < -0.4 is 0 Å². The summed E-state index contributed by atoms with van der Waals surface area (Å²) >= 11 is 0. The maximum atomic E-state index is 12.1. The SMILES string of the molecule is [2H][13C]([2H])([2H])[C@@]12CC[C@H]3[C@H](C)CC[C@H]4C(=C)C(=O)O[C@@]43[C@@H]1O2. The molecule has 2 saturated carbocycles. The zero-order valence-corrected chi connectivity index (χ0v) is 10.6. The summed E-state index contributed by atoms with van der Waals surface area (Å²) in [6, 6.07) is 0. The van der Waals surface area contributed by atoms with E-state index in [1.807, 2.05) is 0 Å². The Kier molecular flexibility index (Phi) is 1.40. The first-order chi connectivity index (χ1) is 9.74. The van der Waals surface area contributed by atoms with Crippen molar-refractivity contribution in [2.45, 2.75) is 56.8 Å². The number of rotatable bonds is 0. The maximum absolute atomic E-state index is 12.1. The number of fused-ring (bicyclic) bond motifs is 1. The first-order valence-corrected chi connectivity index (χ1v) is 6.84. The van der Waals surface area contributed by atoms with Crippen molar-refractivity contribution in [2.24, 2.45) is 17.8 Å². The number of esters is 1. The van der Waals surface area contributed by atoms with Crippen molar-refractivity contribution in [1.82, 2.24) is 0 Å². The first kappa shape index (κ1) is 8.36. The third kappa shape index (κ3) is 1.04. The number of ether oxygens (including phenoxy) is 2. The second-order valence-corrected chi connectivity index (χ2v) is 6.41. The topological polar surface area (TPSA) is 38.8 Å². The van der Waals surface area contributed by atoms with Crippen molar-refractivity contribution >= 4 is 5.97 Å². The van der Waals surface area contributed by atoms with E-state index in [-0.39, 0.29) is 17.8 Å². The molecule has 98 valence electrons. The molecular weight excluding hydrogens is 229 g/mol. The van der Waals surface area contributed by atoms with Crippen LogP contribution in [-0.4, -0.2) is 23.3 Å². The van der Waals surface area contributed by atoms with E-state index in [1.165, 1.54) is 0 Å². The van der Waals surface area contributed by atoms with E-state index in [0.29, 0.717) is 17.9 Å². The van der Waals surface area contributed by atoms with Gasteiger partial charge in [-0.2, -0.15) is 0 Å². The molecule has 1 spiro atoms. The molecule has 0 amide bonds. The summed E-state index contributed by atoms with van der Waals surface area (Å²) in [5.74, 6) is 0.151. The van der Waals surface area contributed by atoms with Gasteiger partial charge in [0, 0.05) is 21.5 Å². The van der Waals surface area contributed by atoms with E-state index < -0.39 is 24.2 Å². The Morgan fingerprint density at radius 3 is 3.06 bits per heavy atom. The largest absolute Gasteiger partial charge is 0.452 e. The van der Waals surface area contributed by atoms with Gasteiger partial charge >= 0.3 is 5.97 Å². The highest BCUT2D eigenvalue weighted by molar-refractivity contribution is 5.92. The summed E-state index contributed by atoms with van der Waals surface area (Å²) in [4.78, 5) is 12.1. The molecular formula is C15H20O3. The highest BCUT2D eigenvalue weighted by atomic mass is 16.7. The quantitative estimate of drug-likeness (QED) is 0.288. The van der Waals surface area contributed by atoms with E-state index in [2.05, 4.69) is 13.5 Å². The number of hydrogen-bond acceptors (Lipinski definition) is 3. The minimum absolute atomic E-state index is 0.0827. The summed E-state index contributed by atoms with van der Waals surface area (Å²) < 4.78 is 35.0. The molecule has 3 nitrogen and oxygen atoms in total. The van der Waals surface area contributed by atoms with Crippen LogP contribution in [0, 0.1) is 17.8 Å². The average Bonchev–Trinajstić information content (AvgIpc) is 3.10. The summed E-state index contributed by atoms with van der Waals surface area (Å²) in [5.41, 5.74) is -1.38. The van der Waals surface area contributed by atoms with Gasteiger partial charge in [-0.05, 0) is 38.5 Å². The minimum atomic E-state index is -2.17. The van der Waals surface area contributed by atoms with Crippen LogP contribution >= 0.6 is 0 Å². The molecule has 3 heteroatoms. The lowest BCUT2D eigenvalue weighted by molar-refractivity contribution is -0.168. The van der Waals surface area contributed by atoms with Crippen LogP contribution in [0.25, 0.3) is 0 Å². The van der Waals surface area contributed by atoms with Crippen LogP contribution in [0.5, 0.6) is 0 Å². The molecule has 0 aromatic heterocycles. The Bertz CT molecular complexity index is 543. The minimum Gasteiger partial charge on any atom is -0.452 e. The highest BCUT2D eigenvalue weighted by Gasteiger charge is 2.76. The molecule has 2 aliphatic heterocycles. The summed E-state index contributed by atoms with van der Waals surface area (Å²) in [5, 5.41) is 0. The number of hydrogen-bond donors (Lipinski definition) is 0. The Morgan fingerprint density at radius 2 is 2.28 bits per heavy atom. The van der Waals surface area contributed by atoms with E-state index in [0.717, 1.165) is 19.3 Å². The van der Waals surface area contributed by atoms with Gasteiger partial charge in [0.25, 0.3) is 0 Å². The van der Waals surface area contributed by atoms with Crippen molar-refractivity contribution in [3.05, 3.63) is 12.2 Å². The van der Waals surface area contributed by atoms with Gasteiger partial charge < -0.3 is 9.47 Å². The van der Waals surface area contributed by atoms with Gasteiger partial charge in [0.1, 0.15) is 6.10 Å². The van der Waals surface area contributed by atoms with Gasteiger partial charge in [-0.3, -0.25) is 0 Å². The molecule has 4 rings (SSSR count). The van der Waals surface area contributed by atoms with Crippen molar-refractivity contribution in [2.75, 3.05) is 0 Å². The Labute approximate surface area is 112 Å². The van der Waals surface area contributed by atoms with Gasteiger partial charge in [-0.25, -0.2) is 4.79 Å². The average molecular weight is 252 g/mol. The van der Waals surface area contributed by atoms with Gasteiger partial charge in [-0.1, -0.05) is 13.5 Å². The van der Waals surface area contributed by atoms with Gasteiger partial charge in [-0.15, -0.1) is 0 Å². The van der Waals surface area contributed by atoms with E-state index >= 15 is 0 Å². The summed E-state index contributed by atoms with van der Waals surface area (Å²) in [6.07, 6.45) is 2.64. The molecule has 0 radical (unpaired) electrons. The molecule has 6 atom stereocenters. The Balaban J connectivity index is 1.81. The van der Waals surface area contributed by atoms with Crippen molar-refractivity contribution in [3.63, 3.8) is 0 Å². The summed E-state index contributed by atoms with van der Waals surface area (Å²) in [6.45, 7) is 3.90.